The van der Waals surface area contributed by atoms with E-state index in [4.69, 9.17) is 0 Å². The van der Waals surface area contributed by atoms with Crippen LogP contribution in [0.1, 0.15) is 45.5 Å². The molecule has 0 saturated carbocycles. The molecule has 104 valence electrons. The lowest BCUT2D eigenvalue weighted by molar-refractivity contribution is 0.0978. The second kappa shape index (κ2) is 5.49. The molecule has 21 heavy (non-hydrogen) atoms. The van der Waals surface area contributed by atoms with Gasteiger partial charge in [0.1, 0.15) is 0 Å². The fourth-order valence-electron chi connectivity index (χ4n) is 2.92. The van der Waals surface area contributed by atoms with Gasteiger partial charge >= 0.3 is 0 Å². The quantitative estimate of drug-likeness (QED) is 0.842. The predicted molar refractivity (Wildman–Crippen MR) is 82.7 cm³/mol. The van der Waals surface area contributed by atoms with Crippen LogP contribution in [0.25, 0.3) is 0 Å². The summed E-state index contributed by atoms with van der Waals surface area (Å²) in [5, 5.41) is 0. The highest BCUT2D eigenvalue weighted by Gasteiger charge is 2.29. The molecule has 0 heterocycles. The van der Waals surface area contributed by atoms with Gasteiger partial charge in [0.25, 0.3) is 0 Å². The second-order valence-electron chi connectivity index (χ2n) is 5.21. The van der Waals surface area contributed by atoms with Crippen LogP contribution in [0.3, 0.4) is 0 Å². The topological polar surface area (TPSA) is 34.1 Å². The van der Waals surface area contributed by atoms with E-state index in [-0.39, 0.29) is 17.5 Å². The van der Waals surface area contributed by atoms with Crippen molar-refractivity contribution in [2.24, 2.45) is 0 Å². The molecule has 1 aliphatic rings. The number of rotatable bonds is 3. The maximum absolute atomic E-state index is 12.7. The van der Waals surface area contributed by atoms with E-state index in [9.17, 15) is 9.59 Å². The minimum Gasteiger partial charge on any atom is -0.289 e. The van der Waals surface area contributed by atoms with Crippen LogP contribution in [-0.2, 0) is 0 Å². The Kier molecular flexibility index (Phi) is 3.53. The Morgan fingerprint density at radius 2 is 1.48 bits per heavy atom. The van der Waals surface area contributed by atoms with Gasteiger partial charge in [0.2, 0.25) is 0 Å². The molecule has 2 heteroatoms. The standard InChI is InChI=1S/C19H16O2/c1-2-14(13-8-4-3-5-9-13)17-12-18(20)15-10-6-7-11-16(15)19(17)21/h3-12,14H,2H2,1H3. The summed E-state index contributed by atoms with van der Waals surface area (Å²) in [5.41, 5.74) is 2.71. The molecule has 1 atom stereocenters. The number of ketones is 2. The Labute approximate surface area is 124 Å². The molecular weight excluding hydrogens is 260 g/mol. The van der Waals surface area contributed by atoms with Gasteiger partial charge in [-0.25, -0.2) is 0 Å². The fourth-order valence-corrected chi connectivity index (χ4v) is 2.92. The van der Waals surface area contributed by atoms with Crippen molar-refractivity contribution in [3.8, 4) is 0 Å². The van der Waals surface area contributed by atoms with E-state index >= 15 is 0 Å². The first-order valence-electron chi connectivity index (χ1n) is 7.17. The third-order valence-corrected chi connectivity index (χ3v) is 3.97. The molecule has 2 aromatic rings. The van der Waals surface area contributed by atoms with E-state index in [2.05, 4.69) is 0 Å². The maximum Gasteiger partial charge on any atom is 0.190 e. The number of carbonyl (C=O) groups excluding carboxylic acids is 2. The van der Waals surface area contributed by atoms with Crippen LogP contribution in [0.2, 0.25) is 0 Å². The van der Waals surface area contributed by atoms with Crippen molar-refractivity contribution in [2.45, 2.75) is 19.3 Å². The lowest BCUT2D eigenvalue weighted by Gasteiger charge is -2.22. The van der Waals surface area contributed by atoms with Crippen LogP contribution < -0.4 is 0 Å². The van der Waals surface area contributed by atoms with Gasteiger partial charge in [-0.3, -0.25) is 9.59 Å². The van der Waals surface area contributed by atoms with Crippen LogP contribution in [0.5, 0.6) is 0 Å². The highest BCUT2D eigenvalue weighted by Crippen LogP contribution is 2.33. The van der Waals surface area contributed by atoms with E-state index in [1.807, 2.05) is 37.3 Å². The Hall–Kier alpha value is -2.48. The van der Waals surface area contributed by atoms with Gasteiger partial charge in [-0.1, -0.05) is 61.5 Å². The van der Waals surface area contributed by atoms with Crippen LogP contribution in [0.15, 0.2) is 66.2 Å². The number of benzene rings is 2. The monoisotopic (exact) mass is 276 g/mol. The molecule has 0 aromatic heterocycles. The smallest absolute Gasteiger partial charge is 0.190 e. The molecule has 1 unspecified atom stereocenters. The van der Waals surface area contributed by atoms with Crippen LogP contribution in [0, 0.1) is 0 Å². The minimum atomic E-state index is -0.0745. The molecule has 3 rings (SSSR count). The molecule has 0 aliphatic heterocycles. The molecule has 0 fully saturated rings. The molecule has 0 spiro atoms. The van der Waals surface area contributed by atoms with Gasteiger partial charge in [0.15, 0.2) is 11.6 Å². The van der Waals surface area contributed by atoms with Crippen molar-refractivity contribution < 1.29 is 9.59 Å². The molecule has 0 saturated heterocycles. The lowest BCUT2D eigenvalue weighted by atomic mass is 9.79. The third-order valence-electron chi connectivity index (χ3n) is 3.97. The van der Waals surface area contributed by atoms with Crippen molar-refractivity contribution in [1.29, 1.82) is 0 Å². The summed E-state index contributed by atoms with van der Waals surface area (Å²) in [4.78, 5) is 25.0. The average Bonchev–Trinajstić information content (AvgIpc) is 2.54. The summed E-state index contributed by atoms with van der Waals surface area (Å²) in [7, 11) is 0. The molecular formula is C19H16O2. The summed E-state index contributed by atoms with van der Waals surface area (Å²) in [6.45, 7) is 2.04. The van der Waals surface area contributed by atoms with Gasteiger partial charge in [0.05, 0.1) is 0 Å². The van der Waals surface area contributed by atoms with Gasteiger partial charge in [-0.2, -0.15) is 0 Å². The predicted octanol–water partition coefficient (Wildman–Crippen LogP) is 4.19. The lowest BCUT2D eigenvalue weighted by Crippen LogP contribution is -2.21. The molecule has 0 bridgehead atoms. The van der Waals surface area contributed by atoms with Gasteiger partial charge < -0.3 is 0 Å². The van der Waals surface area contributed by atoms with Crippen LogP contribution in [-0.4, -0.2) is 11.6 Å². The SMILES string of the molecule is CCC(C1=CC(=O)c2ccccc2C1=O)c1ccccc1. The summed E-state index contributed by atoms with van der Waals surface area (Å²) < 4.78 is 0. The number of Topliss-reactive ketones (excluding diaryl/α,β-unsaturated/α-hetero) is 1. The van der Waals surface area contributed by atoms with Gasteiger partial charge in [-0.05, 0) is 18.1 Å². The fraction of sp³-hybridized carbons (Fsp3) is 0.158. The van der Waals surface area contributed by atoms with Crippen molar-refractivity contribution >= 4 is 11.6 Å². The Balaban J connectivity index is 2.07. The van der Waals surface area contributed by atoms with E-state index in [1.54, 1.807) is 24.3 Å². The van der Waals surface area contributed by atoms with Crippen molar-refractivity contribution in [3.05, 3.63) is 82.9 Å². The van der Waals surface area contributed by atoms with Crippen molar-refractivity contribution in [2.75, 3.05) is 0 Å². The van der Waals surface area contributed by atoms with Crippen LogP contribution in [0.4, 0.5) is 0 Å². The zero-order valence-electron chi connectivity index (χ0n) is 11.9. The first kappa shape index (κ1) is 13.5. The second-order valence-corrected chi connectivity index (χ2v) is 5.21. The highest BCUT2D eigenvalue weighted by molar-refractivity contribution is 6.25. The Morgan fingerprint density at radius 3 is 2.14 bits per heavy atom. The molecule has 0 amide bonds. The van der Waals surface area contributed by atoms with Gasteiger partial charge in [-0.15, -0.1) is 0 Å². The maximum atomic E-state index is 12.7. The summed E-state index contributed by atoms with van der Waals surface area (Å²) in [5.74, 6) is -0.133. The van der Waals surface area contributed by atoms with Crippen molar-refractivity contribution in [1.82, 2.24) is 0 Å². The zero-order chi connectivity index (χ0) is 14.8. The first-order valence-corrected chi connectivity index (χ1v) is 7.17. The molecule has 0 radical (unpaired) electrons. The Morgan fingerprint density at radius 1 is 0.857 bits per heavy atom. The van der Waals surface area contributed by atoms with E-state index in [0.29, 0.717) is 16.7 Å². The number of hydrogen-bond donors (Lipinski definition) is 0. The Bertz CT molecular complexity index is 726. The molecule has 1 aliphatic carbocycles. The van der Waals surface area contributed by atoms with E-state index in [0.717, 1.165) is 12.0 Å². The molecule has 2 nitrogen and oxygen atoms in total. The zero-order valence-corrected chi connectivity index (χ0v) is 11.9. The number of hydrogen-bond acceptors (Lipinski definition) is 2. The number of carbonyl (C=O) groups is 2. The number of allylic oxidation sites excluding steroid dienone is 2. The summed E-state index contributed by atoms with van der Waals surface area (Å²) in [6.07, 6.45) is 2.31. The average molecular weight is 276 g/mol. The highest BCUT2D eigenvalue weighted by atomic mass is 16.1. The van der Waals surface area contributed by atoms with E-state index < -0.39 is 0 Å². The summed E-state index contributed by atoms with van der Waals surface area (Å²) >= 11 is 0. The normalized spacial score (nSPS) is 15.4. The van der Waals surface area contributed by atoms with Crippen LogP contribution >= 0.6 is 0 Å². The molecule has 0 N–H and O–H groups in total. The largest absolute Gasteiger partial charge is 0.289 e. The van der Waals surface area contributed by atoms with Crippen molar-refractivity contribution in [3.63, 3.8) is 0 Å². The number of fused-ring (bicyclic) bond motifs is 1. The first-order chi connectivity index (χ1) is 10.2. The third kappa shape index (κ3) is 2.33. The van der Waals surface area contributed by atoms with E-state index in [1.165, 1.54) is 6.08 Å². The summed E-state index contributed by atoms with van der Waals surface area (Å²) in [6, 6.07) is 16.9. The minimum absolute atomic E-state index is 0.0269. The molecule has 2 aromatic carbocycles. The van der Waals surface area contributed by atoms with Gasteiger partial charge in [0, 0.05) is 22.6 Å².